The molecule has 1 aromatic rings. The van der Waals surface area contributed by atoms with Crippen molar-refractivity contribution in [3.8, 4) is 0 Å². The van der Waals surface area contributed by atoms with Crippen molar-refractivity contribution < 1.29 is 0 Å². The fourth-order valence-corrected chi connectivity index (χ4v) is 3.66. The summed E-state index contributed by atoms with van der Waals surface area (Å²) in [6.45, 7) is 2.30. The molecule has 3 N–H and O–H groups in total. The Labute approximate surface area is 124 Å². The molecule has 1 aromatic heterocycles. The Balaban J connectivity index is 1.99. The van der Waals surface area contributed by atoms with Gasteiger partial charge in [-0.25, -0.2) is 0 Å². The Bertz CT molecular complexity index is 397. The number of pyridine rings is 1. The molecular formula is C15H24BrN3. The molecule has 0 aliphatic heterocycles. The smallest absolute Gasteiger partial charge is 0.0410 e. The molecule has 0 bridgehead atoms. The number of hydrazine groups is 1. The summed E-state index contributed by atoms with van der Waals surface area (Å²) in [6, 6.07) is 2.50. The lowest BCUT2D eigenvalue weighted by molar-refractivity contribution is 0.208. The van der Waals surface area contributed by atoms with Gasteiger partial charge >= 0.3 is 0 Å². The van der Waals surface area contributed by atoms with Gasteiger partial charge in [0.1, 0.15) is 0 Å². The van der Waals surface area contributed by atoms with E-state index in [4.69, 9.17) is 5.84 Å². The molecule has 1 aliphatic carbocycles. The molecule has 3 nitrogen and oxygen atoms in total. The molecule has 3 unspecified atom stereocenters. The summed E-state index contributed by atoms with van der Waals surface area (Å²) in [4.78, 5) is 4.23. The van der Waals surface area contributed by atoms with Gasteiger partial charge in [-0.15, -0.1) is 0 Å². The van der Waals surface area contributed by atoms with Crippen LogP contribution >= 0.6 is 15.9 Å². The number of hydrogen-bond acceptors (Lipinski definition) is 3. The van der Waals surface area contributed by atoms with Crippen LogP contribution in [0.4, 0.5) is 0 Å². The highest BCUT2D eigenvalue weighted by molar-refractivity contribution is 9.10. The first kappa shape index (κ1) is 14.9. The van der Waals surface area contributed by atoms with Crippen molar-refractivity contribution in [1.82, 2.24) is 10.4 Å². The van der Waals surface area contributed by atoms with Gasteiger partial charge in [0.2, 0.25) is 0 Å². The third kappa shape index (κ3) is 4.26. The lowest BCUT2D eigenvalue weighted by atomic mass is 9.76. The molecular weight excluding hydrogens is 302 g/mol. The first-order valence-corrected chi connectivity index (χ1v) is 8.07. The number of rotatable bonds is 5. The first-order chi connectivity index (χ1) is 9.22. The largest absolute Gasteiger partial charge is 0.271 e. The Morgan fingerprint density at radius 1 is 1.47 bits per heavy atom. The van der Waals surface area contributed by atoms with Crippen LogP contribution in [-0.4, -0.2) is 11.0 Å². The molecule has 0 aromatic carbocycles. The van der Waals surface area contributed by atoms with Crippen molar-refractivity contribution in [3.63, 3.8) is 0 Å². The van der Waals surface area contributed by atoms with E-state index in [9.17, 15) is 0 Å². The molecule has 0 radical (unpaired) electrons. The van der Waals surface area contributed by atoms with Crippen molar-refractivity contribution in [3.05, 3.63) is 28.5 Å². The van der Waals surface area contributed by atoms with Gasteiger partial charge in [0.15, 0.2) is 0 Å². The van der Waals surface area contributed by atoms with Crippen LogP contribution in [0.15, 0.2) is 22.9 Å². The van der Waals surface area contributed by atoms with Crippen molar-refractivity contribution in [2.45, 2.75) is 51.5 Å². The summed E-state index contributed by atoms with van der Waals surface area (Å²) < 4.78 is 1.04. The summed E-state index contributed by atoms with van der Waals surface area (Å²) in [5, 5.41) is 0. The molecule has 3 atom stereocenters. The van der Waals surface area contributed by atoms with Gasteiger partial charge in [0.05, 0.1) is 0 Å². The third-order valence-electron chi connectivity index (χ3n) is 4.40. The van der Waals surface area contributed by atoms with Gasteiger partial charge in [-0.05, 0) is 58.7 Å². The van der Waals surface area contributed by atoms with Crippen LogP contribution in [0.25, 0.3) is 0 Å². The zero-order valence-corrected chi connectivity index (χ0v) is 13.2. The molecule has 4 heteroatoms. The van der Waals surface area contributed by atoms with Gasteiger partial charge < -0.3 is 0 Å². The second-order valence-electron chi connectivity index (χ2n) is 5.69. The zero-order chi connectivity index (χ0) is 13.7. The van der Waals surface area contributed by atoms with Crippen LogP contribution < -0.4 is 11.3 Å². The van der Waals surface area contributed by atoms with Gasteiger partial charge in [0, 0.05) is 22.9 Å². The van der Waals surface area contributed by atoms with E-state index in [0.29, 0.717) is 12.0 Å². The second kappa shape index (κ2) is 7.36. The normalized spacial score (nSPS) is 25.2. The van der Waals surface area contributed by atoms with Crippen molar-refractivity contribution in [1.29, 1.82) is 0 Å². The maximum Gasteiger partial charge on any atom is 0.0410 e. The average molecular weight is 326 g/mol. The number of aromatic nitrogens is 1. The molecule has 0 saturated heterocycles. The topological polar surface area (TPSA) is 50.9 Å². The van der Waals surface area contributed by atoms with Gasteiger partial charge in [-0.2, -0.15) is 0 Å². The number of hydrogen-bond donors (Lipinski definition) is 2. The minimum atomic E-state index is 0.366. The SMILES string of the molecule is CCC1CCCC(C(Cc2cncc(Br)c2)NN)C1. The average Bonchev–Trinajstić information content (AvgIpc) is 2.45. The Hall–Kier alpha value is -0.450. The van der Waals surface area contributed by atoms with E-state index in [1.807, 2.05) is 12.4 Å². The van der Waals surface area contributed by atoms with Crippen LogP contribution in [0, 0.1) is 11.8 Å². The van der Waals surface area contributed by atoms with Crippen LogP contribution in [0.5, 0.6) is 0 Å². The highest BCUT2D eigenvalue weighted by Gasteiger charge is 2.27. The Morgan fingerprint density at radius 2 is 2.32 bits per heavy atom. The molecule has 1 aliphatic rings. The molecule has 1 saturated carbocycles. The lowest BCUT2D eigenvalue weighted by Gasteiger charge is -2.34. The van der Waals surface area contributed by atoms with E-state index in [2.05, 4.69) is 39.3 Å². The second-order valence-corrected chi connectivity index (χ2v) is 6.61. The van der Waals surface area contributed by atoms with Crippen LogP contribution in [0.2, 0.25) is 0 Å². The van der Waals surface area contributed by atoms with Crippen LogP contribution in [-0.2, 0) is 6.42 Å². The van der Waals surface area contributed by atoms with E-state index >= 15 is 0 Å². The molecule has 1 heterocycles. The Kier molecular flexibility index (Phi) is 5.79. The molecule has 19 heavy (non-hydrogen) atoms. The van der Waals surface area contributed by atoms with Crippen LogP contribution in [0.1, 0.15) is 44.6 Å². The molecule has 106 valence electrons. The zero-order valence-electron chi connectivity index (χ0n) is 11.6. The Morgan fingerprint density at radius 3 is 3.00 bits per heavy atom. The monoisotopic (exact) mass is 325 g/mol. The quantitative estimate of drug-likeness (QED) is 0.644. The van der Waals surface area contributed by atoms with E-state index in [1.165, 1.54) is 37.7 Å². The van der Waals surface area contributed by atoms with Crippen LogP contribution in [0.3, 0.4) is 0 Å². The highest BCUT2D eigenvalue weighted by Crippen LogP contribution is 2.33. The van der Waals surface area contributed by atoms with Gasteiger partial charge in [-0.1, -0.05) is 26.2 Å². The molecule has 1 fully saturated rings. The molecule has 0 amide bonds. The van der Waals surface area contributed by atoms with Crippen molar-refractivity contribution >= 4 is 15.9 Å². The van der Waals surface area contributed by atoms with Gasteiger partial charge in [0.25, 0.3) is 0 Å². The predicted molar refractivity (Wildman–Crippen MR) is 82.5 cm³/mol. The van der Waals surface area contributed by atoms with E-state index < -0.39 is 0 Å². The van der Waals surface area contributed by atoms with E-state index in [1.54, 1.807) is 0 Å². The standard InChI is InChI=1S/C15H24BrN3/c1-2-11-4-3-5-13(6-11)15(19-17)8-12-7-14(16)10-18-9-12/h7,9-11,13,15,19H,2-6,8,17H2,1H3. The fraction of sp³-hybridized carbons (Fsp3) is 0.667. The maximum absolute atomic E-state index is 5.79. The lowest BCUT2D eigenvalue weighted by Crippen LogP contribution is -2.44. The number of nitrogens with zero attached hydrogens (tertiary/aromatic N) is 1. The summed E-state index contributed by atoms with van der Waals surface area (Å²) in [5.74, 6) is 7.38. The number of nitrogens with two attached hydrogens (primary N) is 1. The van der Waals surface area contributed by atoms with Crippen molar-refractivity contribution in [2.75, 3.05) is 0 Å². The van der Waals surface area contributed by atoms with E-state index in [0.717, 1.165) is 16.8 Å². The maximum atomic E-state index is 5.79. The summed E-state index contributed by atoms with van der Waals surface area (Å²) in [5.41, 5.74) is 4.29. The number of nitrogens with one attached hydrogen (secondary N) is 1. The van der Waals surface area contributed by atoms with Gasteiger partial charge in [-0.3, -0.25) is 16.3 Å². The first-order valence-electron chi connectivity index (χ1n) is 7.28. The summed E-state index contributed by atoms with van der Waals surface area (Å²) in [7, 11) is 0. The predicted octanol–water partition coefficient (Wildman–Crippen LogP) is 3.43. The highest BCUT2D eigenvalue weighted by atomic mass is 79.9. The van der Waals surface area contributed by atoms with E-state index in [-0.39, 0.29) is 0 Å². The minimum absolute atomic E-state index is 0.366. The fourth-order valence-electron chi connectivity index (χ4n) is 3.25. The third-order valence-corrected chi connectivity index (χ3v) is 4.83. The van der Waals surface area contributed by atoms with Crippen molar-refractivity contribution in [2.24, 2.45) is 17.7 Å². The summed E-state index contributed by atoms with van der Waals surface area (Å²) >= 11 is 3.48. The molecule has 2 rings (SSSR count). The summed E-state index contributed by atoms with van der Waals surface area (Å²) in [6.07, 6.45) is 11.4. The molecule has 0 spiro atoms. The minimum Gasteiger partial charge on any atom is -0.271 e. The number of halogens is 1.